The maximum absolute atomic E-state index is 13.5. The van der Waals surface area contributed by atoms with Gasteiger partial charge in [-0.2, -0.15) is 0 Å². The quantitative estimate of drug-likeness (QED) is 0.875. The van der Waals surface area contributed by atoms with Crippen LogP contribution >= 0.6 is 11.6 Å². The van der Waals surface area contributed by atoms with E-state index < -0.39 is 11.6 Å². The zero-order valence-electron chi connectivity index (χ0n) is 9.47. The zero-order chi connectivity index (χ0) is 13.3. The molecule has 0 spiro atoms. The van der Waals surface area contributed by atoms with E-state index in [0.29, 0.717) is 16.8 Å². The van der Waals surface area contributed by atoms with E-state index in [4.69, 9.17) is 17.3 Å². The molecule has 0 fully saturated rings. The van der Waals surface area contributed by atoms with Gasteiger partial charge in [-0.15, -0.1) is 0 Å². The molecule has 6 heteroatoms. The predicted octanol–water partition coefficient (Wildman–Crippen LogP) is 3.65. The second-order valence-electron chi connectivity index (χ2n) is 3.72. The fourth-order valence-electron chi connectivity index (χ4n) is 1.44. The average Bonchev–Trinajstić information content (AvgIpc) is 2.32. The van der Waals surface area contributed by atoms with Crippen molar-refractivity contribution in [2.45, 2.75) is 6.92 Å². The maximum atomic E-state index is 13.5. The molecule has 0 aliphatic rings. The van der Waals surface area contributed by atoms with E-state index in [1.165, 1.54) is 0 Å². The standard InChI is InChI=1S/C12H10ClF2N3/c1-6-7(13)3-2-4-10(6)17-12-9(15)5-8(14)11(16)18-12/h2-5H,1H3,(H3,16,17,18). The lowest BCUT2D eigenvalue weighted by Gasteiger charge is -2.11. The van der Waals surface area contributed by atoms with Gasteiger partial charge in [0, 0.05) is 16.8 Å². The Bertz CT molecular complexity index is 602. The zero-order valence-corrected chi connectivity index (χ0v) is 10.2. The van der Waals surface area contributed by atoms with E-state index in [-0.39, 0.29) is 11.6 Å². The summed E-state index contributed by atoms with van der Waals surface area (Å²) in [5.74, 6) is -2.21. The van der Waals surface area contributed by atoms with Crippen LogP contribution in [0.3, 0.4) is 0 Å². The van der Waals surface area contributed by atoms with Crippen LogP contribution < -0.4 is 11.1 Å². The summed E-state index contributed by atoms with van der Waals surface area (Å²) in [6, 6.07) is 5.82. The van der Waals surface area contributed by atoms with Gasteiger partial charge in [-0.05, 0) is 24.6 Å². The first-order valence-electron chi connectivity index (χ1n) is 5.12. The molecule has 0 atom stereocenters. The Labute approximate surface area is 108 Å². The minimum atomic E-state index is -0.888. The Kier molecular flexibility index (Phi) is 3.34. The predicted molar refractivity (Wildman–Crippen MR) is 68.0 cm³/mol. The fraction of sp³-hybridized carbons (Fsp3) is 0.0833. The van der Waals surface area contributed by atoms with Gasteiger partial charge < -0.3 is 11.1 Å². The van der Waals surface area contributed by atoms with E-state index in [1.807, 2.05) is 0 Å². The van der Waals surface area contributed by atoms with E-state index >= 15 is 0 Å². The molecule has 0 aliphatic carbocycles. The summed E-state index contributed by atoms with van der Waals surface area (Å²) in [6.07, 6.45) is 0. The van der Waals surface area contributed by atoms with E-state index in [1.54, 1.807) is 25.1 Å². The second-order valence-corrected chi connectivity index (χ2v) is 4.13. The first-order valence-corrected chi connectivity index (χ1v) is 5.50. The molecule has 0 amide bonds. The minimum Gasteiger partial charge on any atom is -0.381 e. The molecule has 94 valence electrons. The Morgan fingerprint density at radius 1 is 1.28 bits per heavy atom. The number of pyridine rings is 1. The van der Waals surface area contributed by atoms with Crippen molar-refractivity contribution in [1.29, 1.82) is 0 Å². The van der Waals surface area contributed by atoms with E-state index in [9.17, 15) is 8.78 Å². The number of nitrogens with zero attached hydrogens (tertiary/aromatic N) is 1. The van der Waals surface area contributed by atoms with Crippen LogP contribution in [0.2, 0.25) is 5.02 Å². The number of rotatable bonds is 2. The summed E-state index contributed by atoms with van der Waals surface area (Å²) >= 11 is 5.94. The normalized spacial score (nSPS) is 10.4. The van der Waals surface area contributed by atoms with Crippen molar-refractivity contribution in [2.75, 3.05) is 11.1 Å². The van der Waals surface area contributed by atoms with Gasteiger partial charge in [-0.1, -0.05) is 17.7 Å². The lowest BCUT2D eigenvalue weighted by Crippen LogP contribution is -2.04. The Morgan fingerprint density at radius 2 is 2.00 bits per heavy atom. The van der Waals surface area contributed by atoms with Gasteiger partial charge in [0.15, 0.2) is 23.3 Å². The number of nitrogens with one attached hydrogen (secondary N) is 1. The number of benzene rings is 1. The first-order chi connectivity index (χ1) is 8.49. The molecule has 2 rings (SSSR count). The number of hydrogen-bond donors (Lipinski definition) is 2. The highest BCUT2D eigenvalue weighted by Crippen LogP contribution is 2.27. The summed E-state index contributed by atoms with van der Waals surface area (Å²) in [5.41, 5.74) is 6.61. The highest BCUT2D eigenvalue weighted by Gasteiger charge is 2.11. The van der Waals surface area contributed by atoms with E-state index in [0.717, 1.165) is 5.56 Å². The van der Waals surface area contributed by atoms with Crippen molar-refractivity contribution in [3.05, 3.63) is 46.5 Å². The molecule has 0 radical (unpaired) electrons. The van der Waals surface area contributed by atoms with Crippen LogP contribution in [0.5, 0.6) is 0 Å². The first kappa shape index (κ1) is 12.6. The van der Waals surface area contributed by atoms with Crippen LogP contribution in [0, 0.1) is 18.6 Å². The number of halogens is 3. The highest BCUT2D eigenvalue weighted by atomic mass is 35.5. The molecule has 0 saturated heterocycles. The molecule has 1 aromatic heterocycles. The lowest BCUT2D eigenvalue weighted by atomic mass is 10.2. The van der Waals surface area contributed by atoms with Gasteiger partial charge in [0.05, 0.1) is 0 Å². The third-order valence-corrected chi connectivity index (χ3v) is 2.89. The minimum absolute atomic E-state index is 0.140. The van der Waals surface area contributed by atoms with Gasteiger partial charge in [0.2, 0.25) is 0 Å². The summed E-state index contributed by atoms with van der Waals surface area (Å²) < 4.78 is 26.5. The third-order valence-electron chi connectivity index (χ3n) is 2.48. The number of hydrogen-bond acceptors (Lipinski definition) is 3. The monoisotopic (exact) mass is 269 g/mol. The van der Waals surface area contributed by atoms with Gasteiger partial charge in [0.25, 0.3) is 0 Å². The smallest absolute Gasteiger partial charge is 0.169 e. The summed E-state index contributed by atoms with van der Waals surface area (Å²) in [7, 11) is 0. The van der Waals surface area contributed by atoms with Crippen LogP contribution in [0.25, 0.3) is 0 Å². The number of anilines is 3. The molecule has 0 bridgehead atoms. The average molecular weight is 270 g/mol. The molecule has 1 aromatic carbocycles. The molecule has 1 heterocycles. The van der Waals surface area contributed by atoms with Gasteiger partial charge in [0.1, 0.15) is 0 Å². The van der Waals surface area contributed by atoms with Crippen molar-refractivity contribution in [1.82, 2.24) is 4.98 Å². The SMILES string of the molecule is Cc1c(Cl)cccc1Nc1nc(N)c(F)cc1F. The van der Waals surface area contributed by atoms with Gasteiger partial charge >= 0.3 is 0 Å². The van der Waals surface area contributed by atoms with Crippen LogP contribution in [0.15, 0.2) is 24.3 Å². The van der Waals surface area contributed by atoms with E-state index in [2.05, 4.69) is 10.3 Å². The number of nitrogens with two attached hydrogens (primary N) is 1. The van der Waals surface area contributed by atoms with Crippen molar-refractivity contribution in [3.63, 3.8) is 0 Å². The van der Waals surface area contributed by atoms with Gasteiger partial charge in [-0.25, -0.2) is 13.8 Å². The van der Waals surface area contributed by atoms with Crippen LogP contribution in [0.1, 0.15) is 5.56 Å². The molecule has 2 aromatic rings. The molecule has 0 saturated carbocycles. The van der Waals surface area contributed by atoms with Crippen molar-refractivity contribution >= 4 is 28.9 Å². The fourth-order valence-corrected chi connectivity index (χ4v) is 1.61. The number of nitrogen functional groups attached to an aromatic ring is 1. The lowest BCUT2D eigenvalue weighted by molar-refractivity contribution is 0.581. The largest absolute Gasteiger partial charge is 0.381 e. The molecular formula is C12H10ClF2N3. The van der Waals surface area contributed by atoms with Crippen LogP contribution in [-0.2, 0) is 0 Å². The molecule has 3 N–H and O–H groups in total. The highest BCUT2D eigenvalue weighted by molar-refractivity contribution is 6.31. The Morgan fingerprint density at radius 3 is 2.72 bits per heavy atom. The van der Waals surface area contributed by atoms with Crippen molar-refractivity contribution in [3.8, 4) is 0 Å². The maximum Gasteiger partial charge on any atom is 0.169 e. The third kappa shape index (κ3) is 2.36. The molecule has 0 aliphatic heterocycles. The topological polar surface area (TPSA) is 50.9 Å². The van der Waals surface area contributed by atoms with Crippen LogP contribution in [0.4, 0.5) is 26.1 Å². The molecule has 3 nitrogen and oxygen atoms in total. The summed E-state index contributed by atoms with van der Waals surface area (Å²) in [5, 5.41) is 3.27. The Hall–Kier alpha value is -1.88. The molecule has 0 unspecified atom stereocenters. The summed E-state index contributed by atoms with van der Waals surface area (Å²) in [6.45, 7) is 1.77. The van der Waals surface area contributed by atoms with Gasteiger partial charge in [-0.3, -0.25) is 0 Å². The van der Waals surface area contributed by atoms with Crippen LogP contribution in [-0.4, -0.2) is 4.98 Å². The van der Waals surface area contributed by atoms with Crippen molar-refractivity contribution < 1.29 is 8.78 Å². The second kappa shape index (κ2) is 4.78. The Balaban J connectivity index is 2.40. The molecular weight excluding hydrogens is 260 g/mol. The van der Waals surface area contributed by atoms with Crippen molar-refractivity contribution in [2.24, 2.45) is 0 Å². The molecule has 18 heavy (non-hydrogen) atoms. The number of aromatic nitrogens is 1. The summed E-state index contributed by atoms with van der Waals surface area (Å²) in [4.78, 5) is 3.61.